The Morgan fingerprint density at radius 2 is 1.90 bits per heavy atom. The van der Waals surface area contributed by atoms with Crippen LogP contribution in [0.1, 0.15) is 46.5 Å². The molecule has 3 heteroatoms. The van der Waals surface area contributed by atoms with Crippen LogP contribution in [0.4, 0.5) is 0 Å². The van der Waals surface area contributed by atoms with Crippen molar-refractivity contribution < 1.29 is 4.21 Å². The van der Waals surface area contributed by atoms with E-state index in [-0.39, 0.29) is 11.3 Å². The first-order valence-electron chi connectivity index (χ1n) is 7.67. The molecule has 0 bridgehead atoms. The van der Waals surface area contributed by atoms with E-state index in [0.29, 0.717) is 11.3 Å². The number of rotatable bonds is 4. The molecular formula is C17H27NOS. The van der Waals surface area contributed by atoms with Gasteiger partial charge in [-0.05, 0) is 42.7 Å². The maximum absolute atomic E-state index is 12.8. The minimum absolute atomic E-state index is 0.0694. The molecule has 2 N–H and O–H groups in total. The van der Waals surface area contributed by atoms with Crippen LogP contribution >= 0.6 is 0 Å². The molecule has 1 aliphatic rings. The monoisotopic (exact) mass is 293 g/mol. The molecule has 0 spiro atoms. The van der Waals surface area contributed by atoms with Gasteiger partial charge in [-0.1, -0.05) is 45.4 Å². The molecule has 4 unspecified atom stereocenters. The van der Waals surface area contributed by atoms with Crippen molar-refractivity contribution in [3.05, 3.63) is 30.3 Å². The van der Waals surface area contributed by atoms with E-state index in [1.54, 1.807) is 0 Å². The summed E-state index contributed by atoms with van der Waals surface area (Å²) >= 11 is 0. The summed E-state index contributed by atoms with van der Waals surface area (Å²) in [5.74, 6) is 0.630. The first-order valence-corrected chi connectivity index (χ1v) is 8.88. The molecule has 1 fully saturated rings. The van der Waals surface area contributed by atoms with Gasteiger partial charge in [0, 0.05) is 10.9 Å². The van der Waals surface area contributed by atoms with E-state index in [2.05, 4.69) is 20.8 Å². The Morgan fingerprint density at radius 1 is 1.25 bits per heavy atom. The molecule has 1 aliphatic carbocycles. The normalized spacial score (nSPS) is 29.1. The number of hydrogen-bond donors (Lipinski definition) is 1. The SMILES string of the molecule is CCC(C)(C)C1CCC(N)C(S(=O)c2ccccc2)C1. The minimum Gasteiger partial charge on any atom is -0.327 e. The second-order valence-electron chi connectivity index (χ2n) is 6.66. The van der Waals surface area contributed by atoms with Crippen molar-refractivity contribution in [1.82, 2.24) is 0 Å². The zero-order valence-corrected chi connectivity index (χ0v) is 13.7. The lowest BCUT2D eigenvalue weighted by Gasteiger charge is -2.41. The summed E-state index contributed by atoms with van der Waals surface area (Å²) in [5, 5.41) is 0.0991. The molecule has 1 aromatic rings. The van der Waals surface area contributed by atoms with E-state index in [1.165, 1.54) is 6.42 Å². The number of hydrogen-bond acceptors (Lipinski definition) is 2. The van der Waals surface area contributed by atoms with E-state index in [9.17, 15) is 4.21 Å². The highest BCUT2D eigenvalue weighted by molar-refractivity contribution is 7.85. The summed E-state index contributed by atoms with van der Waals surface area (Å²) in [6, 6.07) is 9.85. The predicted molar refractivity (Wildman–Crippen MR) is 86.0 cm³/mol. The van der Waals surface area contributed by atoms with Gasteiger partial charge < -0.3 is 5.73 Å². The van der Waals surface area contributed by atoms with Crippen molar-refractivity contribution in [2.75, 3.05) is 0 Å². The summed E-state index contributed by atoms with van der Waals surface area (Å²) in [5.41, 5.74) is 6.59. The smallest absolute Gasteiger partial charge is 0.0576 e. The lowest BCUT2D eigenvalue weighted by atomic mass is 9.69. The second kappa shape index (κ2) is 6.40. The van der Waals surface area contributed by atoms with Gasteiger partial charge in [-0.25, -0.2) is 0 Å². The molecular weight excluding hydrogens is 266 g/mol. The van der Waals surface area contributed by atoms with Crippen molar-refractivity contribution >= 4 is 10.8 Å². The predicted octanol–water partition coefficient (Wildman–Crippen LogP) is 3.73. The van der Waals surface area contributed by atoms with Crippen molar-refractivity contribution in [1.29, 1.82) is 0 Å². The van der Waals surface area contributed by atoms with Crippen LogP contribution in [0.25, 0.3) is 0 Å². The van der Waals surface area contributed by atoms with E-state index >= 15 is 0 Å². The minimum atomic E-state index is -0.982. The largest absolute Gasteiger partial charge is 0.327 e. The summed E-state index contributed by atoms with van der Waals surface area (Å²) in [4.78, 5) is 0.919. The molecule has 112 valence electrons. The summed E-state index contributed by atoms with van der Waals surface area (Å²) in [6.45, 7) is 6.91. The van der Waals surface area contributed by atoms with Crippen LogP contribution < -0.4 is 5.73 Å². The highest BCUT2D eigenvalue weighted by Crippen LogP contribution is 2.42. The first kappa shape index (κ1) is 15.7. The topological polar surface area (TPSA) is 43.1 Å². The van der Waals surface area contributed by atoms with Crippen LogP contribution in [0.2, 0.25) is 0 Å². The Hall–Kier alpha value is -0.670. The molecule has 0 aliphatic heterocycles. The number of benzene rings is 1. The molecule has 0 aromatic heterocycles. The van der Waals surface area contributed by atoms with Gasteiger partial charge in [-0.15, -0.1) is 0 Å². The van der Waals surface area contributed by atoms with Crippen LogP contribution in [-0.4, -0.2) is 15.5 Å². The Morgan fingerprint density at radius 3 is 2.50 bits per heavy atom. The van der Waals surface area contributed by atoms with E-state index in [1.807, 2.05) is 30.3 Å². The summed E-state index contributed by atoms with van der Waals surface area (Å²) in [7, 11) is -0.982. The Labute approximate surface area is 125 Å². The maximum atomic E-state index is 12.8. The van der Waals surface area contributed by atoms with Crippen LogP contribution in [0.15, 0.2) is 35.2 Å². The van der Waals surface area contributed by atoms with Crippen LogP contribution in [0.5, 0.6) is 0 Å². The van der Waals surface area contributed by atoms with Crippen molar-refractivity contribution in [2.24, 2.45) is 17.1 Å². The third-order valence-electron chi connectivity index (χ3n) is 5.11. The van der Waals surface area contributed by atoms with Gasteiger partial charge in [-0.3, -0.25) is 4.21 Å². The van der Waals surface area contributed by atoms with E-state index in [4.69, 9.17) is 5.73 Å². The molecule has 1 saturated carbocycles. The third-order valence-corrected chi connectivity index (χ3v) is 6.94. The van der Waals surface area contributed by atoms with Gasteiger partial charge in [0.15, 0.2) is 0 Å². The Kier molecular flexibility index (Phi) is 5.03. The molecule has 0 amide bonds. The van der Waals surface area contributed by atoms with Crippen molar-refractivity contribution in [3.63, 3.8) is 0 Å². The lowest BCUT2D eigenvalue weighted by Crippen LogP contribution is -2.45. The van der Waals surface area contributed by atoms with Crippen molar-refractivity contribution in [2.45, 2.75) is 62.6 Å². The van der Waals surface area contributed by atoms with Crippen LogP contribution in [0, 0.1) is 11.3 Å². The zero-order chi connectivity index (χ0) is 14.8. The average molecular weight is 293 g/mol. The molecule has 1 aromatic carbocycles. The number of nitrogens with two attached hydrogens (primary N) is 1. The molecule has 0 radical (unpaired) electrons. The second-order valence-corrected chi connectivity index (χ2v) is 8.34. The zero-order valence-electron chi connectivity index (χ0n) is 12.8. The Balaban J connectivity index is 2.16. The third kappa shape index (κ3) is 3.32. The molecule has 2 rings (SSSR count). The van der Waals surface area contributed by atoms with Gasteiger partial charge in [-0.2, -0.15) is 0 Å². The molecule has 0 saturated heterocycles. The fourth-order valence-electron chi connectivity index (χ4n) is 3.13. The van der Waals surface area contributed by atoms with Gasteiger partial charge in [0.25, 0.3) is 0 Å². The lowest BCUT2D eigenvalue weighted by molar-refractivity contribution is 0.147. The summed E-state index contributed by atoms with van der Waals surface area (Å²) in [6.07, 6.45) is 4.32. The maximum Gasteiger partial charge on any atom is 0.0576 e. The molecule has 4 atom stereocenters. The fourth-order valence-corrected chi connectivity index (χ4v) is 4.76. The average Bonchev–Trinajstić information content (AvgIpc) is 2.47. The Bertz CT molecular complexity index is 457. The van der Waals surface area contributed by atoms with Crippen molar-refractivity contribution in [3.8, 4) is 0 Å². The molecule has 2 nitrogen and oxygen atoms in total. The van der Waals surface area contributed by atoms with Gasteiger partial charge >= 0.3 is 0 Å². The molecule has 20 heavy (non-hydrogen) atoms. The highest BCUT2D eigenvalue weighted by Gasteiger charge is 2.38. The summed E-state index contributed by atoms with van der Waals surface area (Å²) < 4.78 is 12.8. The van der Waals surface area contributed by atoms with E-state index in [0.717, 1.165) is 24.2 Å². The fraction of sp³-hybridized carbons (Fsp3) is 0.647. The van der Waals surface area contributed by atoms with Gasteiger partial charge in [0.05, 0.1) is 16.0 Å². The van der Waals surface area contributed by atoms with E-state index < -0.39 is 10.8 Å². The first-order chi connectivity index (χ1) is 9.45. The van der Waals surface area contributed by atoms with Crippen LogP contribution in [0.3, 0.4) is 0 Å². The van der Waals surface area contributed by atoms with Gasteiger partial charge in [0.1, 0.15) is 0 Å². The molecule has 0 heterocycles. The standard InChI is InChI=1S/C17H27NOS/c1-4-17(2,3)13-10-11-15(18)16(12-13)20(19)14-8-6-5-7-9-14/h5-9,13,15-16H,4,10-12,18H2,1-3H3. The quantitative estimate of drug-likeness (QED) is 0.919. The van der Waals surface area contributed by atoms with Gasteiger partial charge in [0.2, 0.25) is 0 Å². The van der Waals surface area contributed by atoms with Crippen LogP contribution in [-0.2, 0) is 10.8 Å². The highest BCUT2D eigenvalue weighted by atomic mass is 32.2.